The van der Waals surface area contributed by atoms with Crippen molar-refractivity contribution in [1.82, 2.24) is 0 Å². The second-order valence-electron chi connectivity index (χ2n) is 3.80. The first kappa shape index (κ1) is 14.0. The van der Waals surface area contributed by atoms with Gasteiger partial charge in [-0.1, -0.05) is 50.6 Å². The normalized spacial score (nSPS) is 12.9. The summed E-state index contributed by atoms with van der Waals surface area (Å²) < 4.78 is 0. The lowest BCUT2D eigenvalue weighted by molar-refractivity contribution is 0.775. The maximum Gasteiger partial charge on any atom is 0.00400 e. The van der Waals surface area contributed by atoms with Crippen LogP contribution >= 0.6 is 0 Å². The maximum absolute atomic E-state index is 5.86. The highest BCUT2D eigenvalue weighted by molar-refractivity contribution is 5.15. The van der Waals surface area contributed by atoms with E-state index in [2.05, 4.69) is 32.6 Å². The molecule has 0 fully saturated rings. The van der Waals surface area contributed by atoms with Crippen LogP contribution in [0.2, 0.25) is 0 Å². The van der Waals surface area contributed by atoms with Crippen LogP contribution in [0.3, 0.4) is 0 Å². The van der Waals surface area contributed by atoms with E-state index in [4.69, 9.17) is 5.73 Å². The topological polar surface area (TPSA) is 26.0 Å². The van der Waals surface area contributed by atoms with Crippen molar-refractivity contribution in [3.05, 3.63) is 36.1 Å². The summed E-state index contributed by atoms with van der Waals surface area (Å²) in [7, 11) is 0. The number of nitrogens with two attached hydrogens (primary N) is 1. The van der Waals surface area contributed by atoms with Gasteiger partial charge in [-0.2, -0.15) is 0 Å². The van der Waals surface area contributed by atoms with Gasteiger partial charge in [0.05, 0.1) is 0 Å². The highest BCUT2D eigenvalue weighted by Gasteiger charge is 1.90. The Labute approximate surface area is 94.8 Å². The molecule has 1 nitrogen and oxygen atoms in total. The molecule has 0 spiro atoms. The van der Waals surface area contributed by atoms with Crippen LogP contribution in [0.1, 0.15) is 52.4 Å². The second kappa shape index (κ2) is 9.57. The third-order valence-corrected chi connectivity index (χ3v) is 2.47. The molecule has 0 radical (unpaired) electrons. The lowest BCUT2D eigenvalue weighted by Crippen LogP contribution is -1.96. The van der Waals surface area contributed by atoms with E-state index in [0.29, 0.717) is 0 Å². The van der Waals surface area contributed by atoms with Crippen LogP contribution < -0.4 is 5.73 Å². The minimum Gasteiger partial charge on any atom is -0.402 e. The lowest BCUT2D eigenvalue weighted by atomic mass is 10.1. The molecule has 0 saturated carbocycles. The summed E-state index contributed by atoms with van der Waals surface area (Å²) >= 11 is 0. The van der Waals surface area contributed by atoms with Gasteiger partial charge in [-0.3, -0.25) is 0 Å². The molecule has 0 aromatic rings. The van der Waals surface area contributed by atoms with Crippen molar-refractivity contribution in [2.75, 3.05) is 0 Å². The Kier molecular flexibility index (Phi) is 8.95. The van der Waals surface area contributed by atoms with Gasteiger partial charge in [0.15, 0.2) is 0 Å². The third kappa shape index (κ3) is 8.04. The molecule has 0 heterocycles. The van der Waals surface area contributed by atoms with Crippen molar-refractivity contribution >= 4 is 0 Å². The molecule has 0 aliphatic carbocycles. The van der Waals surface area contributed by atoms with E-state index in [1.807, 2.05) is 6.08 Å². The zero-order valence-electron chi connectivity index (χ0n) is 10.3. The van der Waals surface area contributed by atoms with E-state index in [0.717, 1.165) is 31.4 Å². The summed E-state index contributed by atoms with van der Waals surface area (Å²) in [6.45, 7) is 8.12. The number of unbranched alkanes of at least 4 members (excludes halogenated alkanes) is 2. The SMILES string of the molecule is C=C/C(=C\CC/C=C(/N)CCCC)CC. The van der Waals surface area contributed by atoms with Crippen LogP contribution in [0, 0.1) is 0 Å². The smallest absolute Gasteiger partial charge is 0.00400 e. The fourth-order valence-corrected chi connectivity index (χ4v) is 1.39. The van der Waals surface area contributed by atoms with E-state index in [9.17, 15) is 0 Å². The minimum atomic E-state index is 1.04. The third-order valence-electron chi connectivity index (χ3n) is 2.47. The van der Waals surface area contributed by atoms with Crippen LogP contribution in [0.5, 0.6) is 0 Å². The highest BCUT2D eigenvalue weighted by Crippen LogP contribution is 2.07. The average molecular weight is 207 g/mol. The van der Waals surface area contributed by atoms with E-state index < -0.39 is 0 Å². The summed E-state index contributed by atoms with van der Waals surface area (Å²) in [6.07, 6.45) is 13.0. The van der Waals surface area contributed by atoms with Crippen molar-refractivity contribution in [2.24, 2.45) is 5.73 Å². The van der Waals surface area contributed by atoms with Crippen LogP contribution in [-0.4, -0.2) is 0 Å². The Morgan fingerprint density at radius 3 is 2.40 bits per heavy atom. The van der Waals surface area contributed by atoms with E-state index >= 15 is 0 Å². The first-order valence-corrected chi connectivity index (χ1v) is 6.00. The molecule has 1 heteroatoms. The second-order valence-corrected chi connectivity index (χ2v) is 3.80. The molecule has 0 aromatic heterocycles. The Morgan fingerprint density at radius 1 is 1.20 bits per heavy atom. The van der Waals surface area contributed by atoms with Gasteiger partial charge in [0, 0.05) is 5.70 Å². The molecule has 0 saturated heterocycles. The lowest BCUT2D eigenvalue weighted by Gasteiger charge is -1.99. The molecule has 2 N–H and O–H groups in total. The Bertz CT molecular complexity index is 223. The zero-order chi connectivity index (χ0) is 11.5. The van der Waals surface area contributed by atoms with Crippen LogP contribution in [0.25, 0.3) is 0 Å². The average Bonchev–Trinajstić information content (AvgIpc) is 2.26. The zero-order valence-corrected chi connectivity index (χ0v) is 10.3. The van der Waals surface area contributed by atoms with Crippen molar-refractivity contribution in [2.45, 2.75) is 52.4 Å². The standard InChI is InChI=1S/C14H25N/c1-4-7-11-14(15)12-9-8-10-13(5-2)6-3/h5,10,12H,2,4,6-9,11,15H2,1,3H3/b13-10+,14-12+. The fourth-order valence-electron chi connectivity index (χ4n) is 1.39. The van der Waals surface area contributed by atoms with E-state index in [1.54, 1.807) is 0 Å². The highest BCUT2D eigenvalue weighted by atomic mass is 14.6. The summed E-state index contributed by atoms with van der Waals surface area (Å²) in [5.74, 6) is 0. The molecule has 0 aliphatic rings. The van der Waals surface area contributed by atoms with Crippen LogP contribution in [0.4, 0.5) is 0 Å². The van der Waals surface area contributed by atoms with Crippen LogP contribution in [-0.2, 0) is 0 Å². The summed E-state index contributed by atoms with van der Waals surface area (Å²) in [5.41, 5.74) is 8.23. The van der Waals surface area contributed by atoms with Crippen molar-refractivity contribution < 1.29 is 0 Å². The minimum absolute atomic E-state index is 1.04. The summed E-state index contributed by atoms with van der Waals surface area (Å²) in [4.78, 5) is 0. The predicted octanol–water partition coefficient (Wildman–Crippen LogP) is 4.32. The molecular weight excluding hydrogens is 182 g/mol. The van der Waals surface area contributed by atoms with Gasteiger partial charge in [-0.25, -0.2) is 0 Å². The van der Waals surface area contributed by atoms with Gasteiger partial charge >= 0.3 is 0 Å². The van der Waals surface area contributed by atoms with Gasteiger partial charge < -0.3 is 5.73 Å². The van der Waals surface area contributed by atoms with Crippen molar-refractivity contribution in [3.63, 3.8) is 0 Å². The Hall–Kier alpha value is -0.980. The molecule has 0 rings (SSSR count). The van der Waals surface area contributed by atoms with Crippen LogP contribution in [0.15, 0.2) is 36.1 Å². The van der Waals surface area contributed by atoms with Crippen molar-refractivity contribution in [1.29, 1.82) is 0 Å². The molecule has 0 atom stereocenters. The molecule has 15 heavy (non-hydrogen) atoms. The summed E-state index contributed by atoms with van der Waals surface area (Å²) in [5, 5.41) is 0. The summed E-state index contributed by atoms with van der Waals surface area (Å²) in [6, 6.07) is 0. The molecule has 86 valence electrons. The van der Waals surface area contributed by atoms with Gasteiger partial charge in [0.25, 0.3) is 0 Å². The molecule has 0 amide bonds. The maximum atomic E-state index is 5.86. The molecule has 0 unspecified atom stereocenters. The Balaban J connectivity index is 3.76. The van der Waals surface area contributed by atoms with Gasteiger partial charge in [0.1, 0.15) is 0 Å². The van der Waals surface area contributed by atoms with Crippen molar-refractivity contribution in [3.8, 4) is 0 Å². The number of hydrogen-bond acceptors (Lipinski definition) is 1. The number of allylic oxidation sites excluding steroid dienone is 5. The van der Waals surface area contributed by atoms with Gasteiger partial charge in [-0.15, -0.1) is 0 Å². The molecule has 0 aliphatic heterocycles. The largest absolute Gasteiger partial charge is 0.402 e. The molecule has 0 bridgehead atoms. The van der Waals surface area contributed by atoms with Gasteiger partial charge in [-0.05, 0) is 32.1 Å². The quantitative estimate of drug-likeness (QED) is 0.465. The number of rotatable bonds is 8. The monoisotopic (exact) mass is 207 g/mol. The number of hydrogen-bond donors (Lipinski definition) is 1. The fraction of sp³-hybridized carbons (Fsp3) is 0.571. The predicted molar refractivity (Wildman–Crippen MR) is 69.6 cm³/mol. The Morgan fingerprint density at radius 2 is 1.87 bits per heavy atom. The van der Waals surface area contributed by atoms with Gasteiger partial charge in [0.2, 0.25) is 0 Å². The molecular formula is C14H25N. The molecule has 0 aromatic carbocycles. The first-order chi connectivity index (χ1) is 7.24. The van der Waals surface area contributed by atoms with E-state index in [-0.39, 0.29) is 0 Å². The van der Waals surface area contributed by atoms with E-state index in [1.165, 1.54) is 18.4 Å². The first-order valence-electron chi connectivity index (χ1n) is 6.00.